The van der Waals surface area contributed by atoms with Gasteiger partial charge in [-0.2, -0.15) is 0 Å². The van der Waals surface area contributed by atoms with Crippen LogP contribution in [0, 0.1) is 17.8 Å². The minimum atomic E-state index is -0.936. The Labute approximate surface area is 243 Å². The highest BCUT2D eigenvalue weighted by molar-refractivity contribution is 7.10. The number of carboxylic acids is 1. The van der Waals surface area contributed by atoms with Gasteiger partial charge in [0.25, 0.3) is 5.91 Å². The van der Waals surface area contributed by atoms with Crippen LogP contribution < -0.4 is 5.32 Å². The van der Waals surface area contributed by atoms with Gasteiger partial charge in [0.2, 0.25) is 5.91 Å². The van der Waals surface area contributed by atoms with Crippen molar-refractivity contribution in [3.8, 4) is 0 Å². The maximum atomic E-state index is 13.2. The summed E-state index contributed by atoms with van der Waals surface area (Å²) < 4.78 is 5.65. The largest absolute Gasteiger partial charge is 0.481 e. The van der Waals surface area contributed by atoms with E-state index >= 15 is 0 Å². The second kappa shape index (κ2) is 14.7. The van der Waals surface area contributed by atoms with Crippen molar-refractivity contribution < 1.29 is 29.0 Å². The Morgan fingerprint density at radius 1 is 1.18 bits per heavy atom. The third-order valence-corrected chi connectivity index (χ3v) is 9.18. The molecular weight excluding hydrogens is 552 g/mol. The van der Waals surface area contributed by atoms with Crippen LogP contribution in [0.2, 0.25) is 0 Å². The zero-order chi connectivity index (χ0) is 29.4. The summed E-state index contributed by atoms with van der Waals surface area (Å²) in [5, 5.41) is 17.0. The molecule has 0 spiro atoms. The third kappa shape index (κ3) is 9.09. The van der Waals surface area contributed by atoms with Gasteiger partial charge in [0.05, 0.1) is 10.9 Å². The molecule has 2 N–H and O–H groups in total. The van der Waals surface area contributed by atoms with Gasteiger partial charge in [-0.3, -0.25) is 19.2 Å². The molecule has 3 rings (SSSR count). The van der Waals surface area contributed by atoms with Crippen LogP contribution in [0.25, 0.3) is 0 Å². The maximum Gasteiger partial charge on any atom is 0.306 e. The molecule has 10 nitrogen and oxygen atoms in total. The van der Waals surface area contributed by atoms with Gasteiger partial charge >= 0.3 is 11.9 Å². The number of thiazole rings is 2. The summed E-state index contributed by atoms with van der Waals surface area (Å²) in [5.74, 6) is -1.84. The van der Waals surface area contributed by atoms with Gasteiger partial charge in [-0.15, -0.1) is 22.7 Å². The standard InChI is InChI=1S/C28H40N4O6S2/c1-16(2)22(32(5)25(34)12-19-7-6-8-19)14-23(38-18(4)33)27-31-21(15-40-27)26(35)30-20(11-17(3)28(36)37)13-24-29-9-10-39-24/h9-10,15-17,19-20,22-23H,6-8,11-14H2,1-5H3,(H,30,35)(H,36,37)/t17?,20-,22?,23?/m1/s1. The van der Waals surface area contributed by atoms with E-state index in [1.54, 1.807) is 30.4 Å². The van der Waals surface area contributed by atoms with Crippen LogP contribution in [0.3, 0.4) is 0 Å². The highest BCUT2D eigenvalue weighted by atomic mass is 32.1. The van der Waals surface area contributed by atoms with Gasteiger partial charge in [-0.1, -0.05) is 27.2 Å². The highest BCUT2D eigenvalue weighted by Gasteiger charge is 2.32. The molecule has 1 fully saturated rings. The van der Waals surface area contributed by atoms with Crippen molar-refractivity contribution in [2.45, 2.75) is 90.8 Å². The number of nitrogens with one attached hydrogen (secondary N) is 1. The predicted molar refractivity (Wildman–Crippen MR) is 153 cm³/mol. The maximum absolute atomic E-state index is 13.2. The van der Waals surface area contributed by atoms with Gasteiger partial charge in [0.15, 0.2) is 6.10 Å². The lowest BCUT2D eigenvalue weighted by molar-refractivity contribution is -0.148. The fourth-order valence-electron chi connectivity index (χ4n) is 4.85. The summed E-state index contributed by atoms with van der Waals surface area (Å²) in [6.07, 6.45) is 5.85. The van der Waals surface area contributed by atoms with Gasteiger partial charge in [-0.05, 0) is 31.1 Å². The van der Waals surface area contributed by atoms with Crippen LogP contribution in [0.15, 0.2) is 17.0 Å². The number of nitrogens with zero attached hydrogens (tertiary/aromatic N) is 3. The van der Waals surface area contributed by atoms with E-state index in [-0.39, 0.29) is 30.0 Å². The Bertz CT molecular complexity index is 1150. The molecule has 220 valence electrons. The van der Waals surface area contributed by atoms with E-state index in [2.05, 4.69) is 15.3 Å². The second-order valence-corrected chi connectivity index (χ2v) is 12.9. The number of amides is 2. The van der Waals surface area contributed by atoms with Crippen molar-refractivity contribution in [1.29, 1.82) is 0 Å². The topological polar surface area (TPSA) is 139 Å². The van der Waals surface area contributed by atoms with Gasteiger partial charge in [0, 0.05) is 62.3 Å². The highest BCUT2D eigenvalue weighted by Crippen LogP contribution is 2.33. The van der Waals surface area contributed by atoms with Crippen molar-refractivity contribution in [2.24, 2.45) is 17.8 Å². The summed E-state index contributed by atoms with van der Waals surface area (Å²) in [6.45, 7) is 7.00. The fraction of sp³-hybridized carbons (Fsp3) is 0.643. The molecule has 0 aromatic carbocycles. The number of aliphatic carboxylic acids is 1. The number of ether oxygens (including phenoxy) is 1. The third-order valence-electron chi connectivity index (χ3n) is 7.44. The average molecular weight is 593 g/mol. The first-order chi connectivity index (χ1) is 18.9. The number of carbonyl (C=O) groups is 4. The number of esters is 1. The second-order valence-electron chi connectivity index (χ2n) is 11.0. The molecule has 1 aliphatic rings. The van der Waals surface area contributed by atoms with E-state index in [1.165, 1.54) is 36.0 Å². The number of rotatable bonds is 15. The minimum Gasteiger partial charge on any atom is -0.481 e. The van der Waals surface area contributed by atoms with Crippen LogP contribution in [0.1, 0.15) is 92.8 Å². The van der Waals surface area contributed by atoms with E-state index < -0.39 is 35.9 Å². The van der Waals surface area contributed by atoms with E-state index in [4.69, 9.17) is 4.74 Å². The van der Waals surface area contributed by atoms with Gasteiger partial charge < -0.3 is 20.1 Å². The molecule has 3 unspecified atom stereocenters. The van der Waals surface area contributed by atoms with Crippen molar-refractivity contribution in [1.82, 2.24) is 20.2 Å². The molecule has 1 aliphatic carbocycles. The Hall–Kier alpha value is -2.86. The molecule has 2 heterocycles. The van der Waals surface area contributed by atoms with Crippen molar-refractivity contribution in [2.75, 3.05) is 7.05 Å². The van der Waals surface area contributed by atoms with E-state index in [1.807, 2.05) is 19.2 Å². The molecule has 2 aromatic heterocycles. The van der Waals surface area contributed by atoms with Crippen LogP contribution in [0.4, 0.5) is 0 Å². The quantitative estimate of drug-likeness (QED) is 0.283. The first kappa shape index (κ1) is 31.7. The van der Waals surface area contributed by atoms with Crippen LogP contribution >= 0.6 is 22.7 Å². The van der Waals surface area contributed by atoms with Crippen molar-refractivity contribution in [3.05, 3.63) is 32.7 Å². The summed E-state index contributed by atoms with van der Waals surface area (Å²) >= 11 is 2.66. The van der Waals surface area contributed by atoms with Gasteiger partial charge in [0.1, 0.15) is 10.7 Å². The van der Waals surface area contributed by atoms with E-state index in [0.717, 1.165) is 17.8 Å². The summed E-state index contributed by atoms with van der Waals surface area (Å²) in [7, 11) is 1.80. The van der Waals surface area contributed by atoms with E-state index in [9.17, 15) is 24.3 Å². The first-order valence-electron chi connectivity index (χ1n) is 13.7. The average Bonchev–Trinajstić information content (AvgIpc) is 3.55. The van der Waals surface area contributed by atoms with Crippen molar-refractivity contribution in [3.63, 3.8) is 0 Å². The molecule has 4 atom stereocenters. The van der Waals surface area contributed by atoms with Crippen LogP contribution in [-0.4, -0.2) is 62.9 Å². The fourth-order valence-corrected chi connectivity index (χ4v) is 6.39. The molecule has 0 saturated heterocycles. The Morgan fingerprint density at radius 2 is 1.90 bits per heavy atom. The van der Waals surface area contributed by atoms with E-state index in [0.29, 0.717) is 30.2 Å². The smallest absolute Gasteiger partial charge is 0.306 e. The molecule has 12 heteroatoms. The zero-order valence-corrected chi connectivity index (χ0v) is 25.4. The molecule has 2 amide bonds. The first-order valence-corrected chi connectivity index (χ1v) is 15.5. The lowest BCUT2D eigenvalue weighted by Gasteiger charge is -2.35. The lowest BCUT2D eigenvalue weighted by atomic mass is 9.82. The Balaban J connectivity index is 1.73. The molecule has 0 radical (unpaired) electrons. The number of carbonyl (C=O) groups excluding carboxylic acids is 3. The Kier molecular flexibility index (Phi) is 11.6. The van der Waals surface area contributed by atoms with Crippen LogP contribution in [0.5, 0.6) is 0 Å². The molecule has 0 bridgehead atoms. The summed E-state index contributed by atoms with van der Waals surface area (Å²) in [4.78, 5) is 60.2. The summed E-state index contributed by atoms with van der Waals surface area (Å²) in [6, 6.07) is -0.627. The monoisotopic (exact) mass is 592 g/mol. The molecule has 2 aromatic rings. The molecule has 1 saturated carbocycles. The number of hydrogen-bond acceptors (Lipinski definition) is 9. The Morgan fingerprint density at radius 3 is 2.45 bits per heavy atom. The number of hydrogen-bond donors (Lipinski definition) is 2. The summed E-state index contributed by atoms with van der Waals surface area (Å²) in [5.41, 5.74) is 0.166. The molecule has 0 aliphatic heterocycles. The number of carboxylic acid groups (broad SMARTS) is 1. The number of aromatic nitrogens is 2. The zero-order valence-electron chi connectivity index (χ0n) is 23.8. The lowest BCUT2D eigenvalue weighted by Crippen LogP contribution is -2.42. The minimum absolute atomic E-state index is 0.0889. The van der Waals surface area contributed by atoms with Crippen LogP contribution in [-0.2, 0) is 25.5 Å². The normalized spacial score (nSPS) is 16.4. The van der Waals surface area contributed by atoms with Gasteiger partial charge in [-0.25, -0.2) is 9.97 Å². The van der Waals surface area contributed by atoms with Crippen molar-refractivity contribution >= 4 is 46.4 Å². The SMILES string of the molecule is CC(=O)OC(CC(C(C)C)N(C)C(=O)CC1CCC1)c1nc(C(=O)N[C@@H](Cc2nccs2)CC(C)C(=O)O)cs1. The predicted octanol–water partition coefficient (Wildman–Crippen LogP) is 4.72. The molecule has 40 heavy (non-hydrogen) atoms. The molecular formula is C28H40N4O6S2.